The molecule has 0 saturated heterocycles. The van der Waals surface area contributed by atoms with E-state index in [1.54, 1.807) is 51.1 Å². The van der Waals surface area contributed by atoms with Crippen molar-refractivity contribution in [3.05, 3.63) is 83.7 Å². The van der Waals surface area contributed by atoms with E-state index in [-0.39, 0.29) is 18.7 Å². The number of carbonyl (C=O) groups excluding carboxylic acids is 1. The number of halogens is 3. The Kier molecular flexibility index (Phi) is 8.42. The number of rotatable bonds is 8. The highest BCUT2D eigenvalue weighted by molar-refractivity contribution is 5.90. The Morgan fingerprint density at radius 3 is 2.38 bits per heavy atom. The van der Waals surface area contributed by atoms with Gasteiger partial charge in [0.15, 0.2) is 0 Å². The average molecular weight is 516 g/mol. The van der Waals surface area contributed by atoms with Crippen LogP contribution in [0.4, 0.5) is 23.7 Å². The van der Waals surface area contributed by atoms with Gasteiger partial charge in [0.05, 0.1) is 17.8 Å². The van der Waals surface area contributed by atoms with Crippen LogP contribution in [0.25, 0.3) is 0 Å². The van der Waals surface area contributed by atoms with Gasteiger partial charge >= 0.3 is 12.3 Å². The normalized spacial score (nSPS) is 11.6. The van der Waals surface area contributed by atoms with E-state index in [0.29, 0.717) is 23.6 Å². The van der Waals surface area contributed by atoms with E-state index in [1.807, 2.05) is 6.07 Å². The second-order valence-electron chi connectivity index (χ2n) is 9.40. The average Bonchev–Trinajstić information content (AvgIpc) is 2.80. The third-order valence-electron chi connectivity index (χ3n) is 5.40. The van der Waals surface area contributed by atoms with Crippen LogP contribution in [0.3, 0.4) is 0 Å². The van der Waals surface area contributed by atoms with Crippen LogP contribution in [0.2, 0.25) is 0 Å². The topological polar surface area (TPSA) is 91.8 Å². The third kappa shape index (κ3) is 8.23. The number of carboxylic acid groups (broad SMARTS) is 1. The van der Waals surface area contributed by atoms with Crippen molar-refractivity contribution in [2.24, 2.45) is 0 Å². The summed E-state index contributed by atoms with van der Waals surface area (Å²) in [5, 5.41) is 12.0. The number of hydrogen-bond acceptors (Lipinski definition) is 4. The maximum atomic E-state index is 12.9. The Hall–Kier alpha value is -4.08. The molecule has 0 aliphatic carbocycles. The maximum Gasteiger partial charge on any atom is 0.416 e. The summed E-state index contributed by atoms with van der Waals surface area (Å²) in [5.41, 5.74) is -0.0265. The minimum Gasteiger partial charge on any atom is -0.465 e. The van der Waals surface area contributed by atoms with Gasteiger partial charge in [-0.1, -0.05) is 18.2 Å². The summed E-state index contributed by atoms with van der Waals surface area (Å²) in [6.45, 7) is 5.49. The summed E-state index contributed by atoms with van der Waals surface area (Å²) in [4.78, 5) is 29.4. The van der Waals surface area contributed by atoms with Crippen molar-refractivity contribution in [2.45, 2.75) is 51.9 Å². The minimum absolute atomic E-state index is 0.0664. The van der Waals surface area contributed by atoms with Crippen molar-refractivity contribution < 1.29 is 32.6 Å². The molecule has 2 aromatic carbocycles. The van der Waals surface area contributed by atoms with Crippen LogP contribution in [0.15, 0.2) is 66.9 Å². The quantitative estimate of drug-likeness (QED) is 0.347. The number of aryl methyl sites for hydroxylation is 1. The lowest BCUT2D eigenvalue weighted by Crippen LogP contribution is -2.44. The molecule has 0 fully saturated rings. The molecule has 3 aromatic rings. The van der Waals surface area contributed by atoms with Gasteiger partial charge in [0.25, 0.3) is 0 Å². The second-order valence-corrected chi connectivity index (χ2v) is 9.40. The first-order valence-electron chi connectivity index (χ1n) is 11.5. The smallest absolute Gasteiger partial charge is 0.416 e. The minimum atomic E-state index is -4.49. The zero-order valence-electron chi connectivity index (χ0n) is 20.7. The summed E-state index contributed by atoms with van der Waals surface area (Å²) in [6.07, 6.45) is -3.58. The largest absolute Gasteiger partial charge is 0.465 e. The monoisotopic (exact) mass is 515 g/mol. The van der Waals surface area contributed by atoms with E-state index >= 15 is 0 Å². The predicted molar refractivity (Wildman–Crippen MR) is 132 cm³/mol. The number of benzene rings is 2. The summed E-state index contributed by atoms with van der Waals surface area (Å²) in [5.74, 6) is 0.578. The number of nitrogens with zero attached hydrogens (tertiary/aromatic N) is 2. The van der Waals surface area contributed by atoms with E-state index in [0.717, 1.165) is 17.7 Å². The Bertz CT molecular complexity index is 1260. The Morgan fingerprint density at radius 1 is 1.00 bits per heavy atom. The number of hydrogen-bond donors (Lipinski definition) is 2. The van der Waals surface area contributed by atoms with E-state index in [9.17, 15) is 27.9 Å². The highest BCUT2D eigenvalue weighted by Gasteiger charge is 2.30. The Balaban J connectivity index is 1.61. The van der Waals surface area contributed by atoms with Crippen LogP contribution in [0, 0.1) is 0 Å². The molecule has 0 spiro atoms. The van der Waals surface area contributed by atoms with Crippen LogP contribution in [0.5, 0.6) is 11.5 Å². The molecule has 7 nitrogen and oxygen atoms in total. The number of nitrogens with one attached hydrogen (secondary N) is 1. The lowest BCUT2D eigenvalue weighted by molar-refractivity contribution is -0.137. The van der Waals surface area contributed by atoms with E-state index in [2.05, 4.69) is 10.3 Å². The van der Waals surface area contributed by atoms with Crippen molar-refractivity contribution in [3.8, 4) is 11.5 Å². The lowest BCUT2D eigenvalue weighted by Gasteiger charge is -2.32. The number of amides is 2. The fourth-order valence-electron chi connectivity index (χ4n) is 3.51. The number of anilines is 1. The molecule has 2 amide bonds. The Labute approximate surface area is 212 Å². The van der Waals surface area contributed by atoms with Gasteiger partial charge in [-0.25, -0.2) is 4.79 Å². The van der Waals surface area contributed by atoms with Crippen molar-refractivity contribution in [1.29, 1.82) is 0 Å². The summed E-state index contributed by atoms with van der Waals surface area (Å²) in [7, 11) is 0. The molecule has 3 rings (SSSR count). The molecule has 37 heavy (non-hydrogen) atoms. The molecule has 0 unspecified atom stereocenters. The van der Waals surface area contributed by atoms with Gasteiger partial charge in [-0.15, -0.1) is 0 Å². The van der Waals surface area contributed by atoms with Gasteiger partial charge in [0.2, 0.25) is 5.91 Å². The molecule has 1 heterocycles. The van der Waals surface area contributed by atoms with Gasteiger partial charge < -0.3 is 15.2 Å². The molecular weight excluding hydrogens is 487 g/mol. The van der Waals surface area contributed by atoms with Gasteiger partial charge in [0.1, 0.15) is 11.5 Å². The van der Waals surface area contributed by atoms with Gasteiger partial charge in [-0.3, -0.25) is 14.7 Å². The Morgan fingerprint density at radius 2 is 1.70 bits per heavy atom. The maximum absolute atomic E-state index is 12.9. The number of carbonyl (C=O) groups is 2. The number of aromatic nitrogens is 1. The van der Waals surface area contributed by atoms with Crippen LogP contribution in [0.1, 0.15) is 44.0 Å². The molecule has 196 valence electrons. The van der Waals surface area contributed by atoms with Crippen LogP contribution >= 0.6 is 0 Å². The molecule has 1 aromatic heterocycles. The number of alkyl halides is 3. The standard InChI is InChI=1S/C27H28F3N3O4/c1-26(2,3)33(25(35)36)17-21-16-23(12-13-31-21)37-22-9-4-6-18(14-22)10-11-24(34)32-20-8-5-7-19(15-20)27(28,29)30/h4-9,12-16H,10-11,17H2,1-3H3,(H,32,34)(H,35,36). The van der Waals surface area contributed by atoms with E-state index in [4.69, 9.17) is 4.74 Å². The first-order chi connectivity index (χ1) is 17.3. The molecule has 0 aliphatic heterocycles. The molecule has 0 saturated carbocycles. The SMILES string of the molecule is CC(C)(C)N(Cc1cc(Oc2cccc(CCC(=O)Nc3cccc(C(F)(F)F)c3)c2)ccn1)C(=O)O. The van der Waals surface area contributed by atoms with Gasteiger partial charge in [0, 0.05) is 29.9 Å². The molecule has 0 aliphatic rings. The van der Waals surface area contributed by atoms with E-state index in [1.165, 1.54) is 23.2 Å². The molecule has 0 bridgehead atoms. The summed E-state index contributed by atoms with van der Waals surface area (Å²) in [6, 6.07) is 14.9. The highest BCUT2D eigenvalue weighted by atomic mass is 19.4. The fourth-order valence-corrected chi connectivity index (χ4v) is 3.51. The predicted octanol–water partition coefficient (Wildman–Crippen LogP) is 6.74. The van der Waals surface area contributed by atoms with Crippen molar-refractivity contribution >= 4 is 17.7 Å². The molecule has 2 N–H and O–H groups in total. The zero-order valence-corrected chi connectivity index (χ0v) is 20.7. The van der Waals surface area contributed by atoms with E-state index < -0.39 is 29.3 Å². The van der Waals surface area contributed by atoms with Crippen LogP contribution in [-0.2, 0) is 23.9 Å². The van der Waals surface area contributed by atoms with Crippen molar-refractivity contribution in [2.75, 3.05) is 5.32 Å². The first-order valence-corrected chi connectivity index (χ1v) is 11.5. The summed E-state index contributed by atoms with van der Waals surface area (Å²) >= 11 is 0. The molecule has 0 radical (unpaired) electrons. The second kappa shape index (κ2) is 11.3. The van der Waals surface area contributed by atoms with Crippen molar-refractivity contribution in [3.63, 3.8) is 0 Å². The molecule has 0 atom stereocenters. The number of pyridine rings is 1. The zero-order chi connectivity index (χ0) is 27.2. The highest BCUT2D eigenvalue weighted by Crippen LogP contribution is 2.31. The van der Waals surface area contributed by atoms with Crippen LogP contribution in [-0.4, -0.2) is 32.5 Å². The molecule has 10 heteroatoms. The van der Waals surface area contributed by atoms with Crippen LogP contribution < -0.4 is 10.1 Å². The van der Waals surface area contributed by atoms with Gasteiger partial charge in [-0.05, 0) is 69.2 Å². The first kappa shape index (κ1) is 27.5. The fraction of sp³-hybridized carbons (Fsp3) is 0.296. The van der Waals surface area contributed by atoms with Gasteiger partial charge in [-0.2, -0.15) is 13.2 Å². The summed E-state index contributed by atoms with van der Waals surface area (Å²) < 4.78 is 44.5. The number of ether oxygens (including phenoxy) is 1. The van der Waals surface area contributed by atoms with Crippen molar-refractivity contribution in [1.82, 2.24) is 9.88 Å². The third-order valence-corrected chi connectivity index (χ3v) is 5.40. The molecular formula is C27H28F3N3O4. The lowest BCUT2D eigenvalue weighted by atomic mass is 10.1.